The third-order valence-electron chi connectivity index (χ3n) is 4.06. The summed E-state index contributed by atoms with van der Waals surface area (Å²) in [6, 6.07) is 14.8. The Morgan fingerprint density at radius 2 is 1.69 bits per heavy atom. The van der Waals surface area contributed by atoms with E-state index < -0.39 is 17.9 Å². The van der Waals surface area contributed by atoms with Gasteiger partial charge in [-0.3, -0.25) is 14.4 Å². The van der Waals surface area contributed by atoms with Crippen LogP contribution in [0.1, 0.15) is 28.5 Å². The van der Waals surface area contributed by atoms with E-state index in [1.807, 2.05) is 6.07 Å². The lowest BCUT2D eigenvalue weighted by Crippen LogP contribution is -2.33. The second-order valence-electron chi connectivity index (χ2n) is 5.86. The highest BCUT2D eigenvalue weighted by Gasteiger charge is 2.22. The standard InChI is InChI=1S/C19H17N3O4/c1-22-19(26)14-10-6-5-9-13(14)17(21-22)18(25)20-15(11-16(23)24)12-7-3-2-4-8-12/h2-10,15H,11H2,1H3,(H,20,25)(H,23,24)/t15-/m1/s1. The number of hydrogen-bond acceptors (Lipinski definition) is 4. The number of aliphatic carboxylic acids is 1. The largest absolute Gasteiger partial charge is 0.481 e. The first-order valence-electron chi connectivity index (χ1n) is 8.01. The first kappa shape index (κ1) is 17.3. The number of aryl methyl sites for hydroxylation is 1. The van der Waals surface area contributed by atoms with Crippen molar-refractivity contribution in [3.05, 3.63) is 76.2 Å². The second kappa shape index (κ2) is 7.18. The van der Waals surface area contributed by atoms with E-state index in [1.165, 1.54) is 7.05 Å². The van der Waals surface area contributed by atoms with E-state index in [1.54, 1.807) is 48.5 Å². The molecule has 1 atom stereocenters. The molecule has 2 aromatic carbocycles. The van der Waals surface area contributed by atoms with E-state index in [0.717, 1.165) is 4.68 Å². The van der Waals surface area contributed by atoms with Crippen LogP contribution in [0.15, 0.2) is 59.4 Å². The van der Waals surface area contributed by atoms with Crippen LogP contribution in [0.2, 0.25) is 0 Å². The maximum atomic E-state index is 12.8. The number of carbonyl (C=O) groups is 2. The van der Waals surface area contributed by atoms with Crippen molar-refractivity contribution in [3.63, 3.8) is 0 Å². The third-order valence-corrected chi connectivity index (χ3v) is 4.06. The number of amides is 1. The summed E-state index contributed by atoms with van der Waals surface area (Å²) in [5, 5.41) is 16.8. The maximum absolute atomic E-state index is 12.8. The molecular formula is C19H17N3O4. The maximum Gasteiger partial charge on any atom is 0.305 e. The van der Waals surface area contributed by atoms with E-state index in [9.17, 15) is 14.4 Å². The molecule has 3 rings (SSSR count). The fourth-order valence-electron chi connectivity index (χ4n) is 2.81. The number of carbonyl (C=O) groups excluding carboxylic acids is 1. The van der Waals surface area contributed by atoms with Crippen molar-refractivity contribution in [3.8, 4) is 0 Å². The van der Waals surface area contributed by atoms with E-state index in [0.29, 0.717) is 16.3 Å². The Balaban J connectivity index is 2.01. The molecule has 132 valence electrons. The molecule has 1 amide bonds. The van der Waals surface area contributed by atoms with Gasteiger partial charge in [0.15, 0.2) is 5.69 Å². The summed E-state index contributed by atoms with van der Waals surface area (Å²) >= 11 is 0. The normalized spacial score (nSPS) is 11.9. The summed E-state index contributed by atoms with van der Waals surface area (Å²) < 4.78 is 1.10. The molecule has 26 heavy (non-hydrogen) atoms. The van der Waals surface area contributed by atoms with Crippen molar-refractivity contribution >= 4 is 22.6 Å². The van der Waals surface area contributed by atoms with Crippen LogP contribution in [-0.2, 0) is 11.8 Å². The molecule has 7 heteroatoms. The summed E-state index contributed by atoms with van der Waals surface area (Å²) in [4.78, 5) is 36.2. The quantitative estimate of drug-likeness (QED) is 0.731. The summed E-state index contributed by atoms with van der Waals surface area (Å²) in [5.41, 5.74) is 0.452. The molecular weight excluding hydrogens is 334 g/mol. The van der Waals surface area contributed by atoms with Crippen molar-refractivity contribution < 1.29 is 14.7 Å². The number of benzene rings is 2. The molecule has 0 aliphatic carbocycles. The fraction of sp³-hybridized carbons (Fsp3) is 0.158. The molecule has 1 heterocycles. The Labute approximate surface area is 148 Å². The lowest BCUT2D eigenvalue weighted by Gasteiger charge is -2.18. The van der Waals surface area contributed by atoms with E-state index in [2.05, 4.69) is 10.4 Å². The van der Waals surface area contributed by atoms with Crippen LogP contribution in [0, 0.1) is 0 Å². The van der Waals surface area contributed by atoms with Gasteiger partial charge in [0.2, 0.25) is 0 Å². The highest BCUT2D eigenvalue weighted by molar-refractivity contribution is 6.05. The minimum Gasteiger partial charge on any atom is -0.481 e. The molecule has 0 radical (unpaired) electrons. The Kier molecular flexibility index (Phi) is 4.79. The van der Waals surface area contributed by atoms with Crippen LogP contribution in [-0.4, -0.2) is 26.8 Å². The zero-order valence-electron chi connectivity index (χ0n) is 14.0. The molecule has 3 aromatic rings. The van der Waals surface area contributed by atoms with Crippen molar-refractivity contribution in [2.45, 2.75) is 12.5 Å². The van der Waals surface area contributed by atoms with E-state index in [-0.39, 0.29) is 17.7 Å². The molecule has 0 aliphatic heterocycles. The minimum absolute atomic E-state index is 0.0778. The van der Waals surface area contributed by atoms with Gasteiger partial charge in [0, 0.05) is 12.4 Å². The van der Waals surface area contributed by atoms with Crippen LogP contribution in [0.4, 0.5) is 0 Å². The number of nitrogens with zero attached hydrogens (tertiary/aromatic N) is 2. The summed E-state index contributed by atoms with van der Waals surface area (Å²) in [6.07, 6.45) is -0.264. The predicted octanol–water partition coefficient (Wildman–Crippen LogP) is 1.88. The van der Waals surface area contributed by atoms with E-state index >= 15 is 0 Å². The Morgan fingerprint density at radius 3 is 2.35 bits per heavy atom. The fourth-order valence-corrected chi connectivity index (χ4v) is 2.81. The first-order chi connectivity index (χ1) is 12.5. The summed E-state index contributed by atoms with van der Waals surface area (Å²) in [5.74, 6) is -1.57. The molecule has 0 fully saturated rings. The Bertz CT molecular complexity index is 1030. The van der Waals surface area contributed by atoms with Gasteiger partial charge in [-0.2, -0.15) is 5.10 Å². The molecule has 0 aliphatic rings. The molecule has 2 N–H and O–H groups in total. The number of fused-ring (bicyclic) bond motifs is 1. The van der Waals surface area contributed by atoms with Gasteiger partial charge in [-0.15, -0.1) is 0 Å². The molecule has 0 spiro atoms. The van der Waals surface area contributed by atoms with Crippen molar-refractivity contribution in [2.24, 2.45) is 7.05 Å². The average Bonchev–Trinajstić information content (AvgIpc) is 2.64. The van der Waals surface area contributed by atoms with Crippen molar-refractivity contribution in [1.29, 1.82) is 0 Å². The summed E-state index contributed by atoms with van der Waals surface area (Å²) in [7, 11) is 1.47. The molecule has 1 aromatic heterocycles. The van der Waals surface area contributed by atoms with Gasteiger partial charge in [0.25, 0.3) is 11.5 Å². The van der Waals surface area contributed by atoms with Crippen LogP contribution in [0.3, 0.4) is 0 Å². The molecule has 0 bridgehead atoms. The zero-order chi connectivity index (χ0) is 18.7. The Morgan fingerprint density at radius 1 is 1.08 bits per heavy atom. The highest BCUT2D eigenvalue weighted by atomic mass is 16.4. The molecule has 0 saturated heterocycles. The van der Waals surface area contributed by atoms with Gasteiger partial charge in [-0.25, -0.2) is 4.68 Å². The molecule has 0 saturated carbocycles. The lowest BCUT2D eigenvalue weighted by atomic mass is 10.0. The van der Waals surface area contributed by atoms with Gasteiger partial charge in [-0.1, -0.05) is 48.5 Å². The molecule has 7 nitrogen and oxygen atoms in total. The van der Waals surface area contributed by atoms with Gasteiger partial charge >= 0.3 is 5.97 Å². The van der Waals surface area contributed by atoms with E-state index in [4.69, 9.17) is 5.11 Å². The zero-order valence-corrected chi connectivity index (χ0v) is 14.0. The second-order valence-corrected chi connectivity index (χ2v) is 5.86. The predicted molar refractivity (Wildman–Crippen MR) is 95.9 cm³/mol. The number of carboxylic acid groups (broad SMARTS) is 1. The van der Waals surface area contributed by atoms with Gasteiger partial charge in [0.05, 0.1) is 17.8 Å². The van der Waals surface area contributed by atoms with Crippen LogP contribution in [0.5, 0.6) is 0 Å². The van der Waals surface area contributed by atoms with Crippen LogP contribution >= 0.6 is 0 Å². The number of aromatic nitrogens is 2. The minimum atomic E-state index is -1.03. The topological polar surface area (TPSA) is 101 Å². The lowest BCUT2D eigenvalue weighted by molar-refractivity contribution is -0.137. The molecule has 0 unspecified atom stereocenters. The third kappa shape index (κ3) is 3.46. The van der Waals surface area contributed by atoms with Crippen molar-refractivity contribution in [1.82, 2.24) is 15.1 Å². The van der Waals surface area contributed by atoms with Gasteiger partial charge < -0.3 is 10.4 Å². The number of hydrogen-bond donors (Lipinski definition) is 2. The number of carboxylic acids is 1. The van der Waals surface area contributed by atoms with Crippen LogP contribution < -0.4 is 10.9 Å². The van der Waals surface area contributed by atoms with Gasteiger partial charge in [-0.05, 0) is 11.6 Å². The average molecular weight is 351 g/mol. The highest BCUT2D eigenvalue weighted by Crippen LogP contribution is 2.19. The number of nitrogens with one attached hydrogen (secondary N) is 1. The number of rotatable bonds is 5. The van der Waals surface area contributed by atoms with Crippen LogP contribution in [0.25, 0.3) is 10.8 Å². The van der Waals surface area contributed by atoms with Crippen molar-refractivity contribution in [2.75, 3.05) is 0 Å². The summed E-state index contributed by atoms with van der Waals surface area (Å²) in [6.45, 7) is 0. The monoisotopic (exact) mass is 351 g/mol. The van der Waals surface area contributed by atoms with Gasteiger partial charge in [0.1, 0.15) is 0 Å². The first-order valence-corrected chi connectivity index (χ1v) is 8.01. The SMILES string of the molecule is Cn1nc(C(=O)N[C@H](CC(=O)O)c2ccccc2)c2ccccc2c1=O. The Hall–Kier alpha value is -3.48. The smallest absolute Gasteiger partial charge is 0.305 e.